The van der Waals surface area contributed by atoms with Gasteiger partial charge in [-0.3, -0.25) is 14.5 Å². The molecule has 1 aliphatic rings. The molecule has 0 aliphatic carbocycles. The fraction of sp³-hybridized carbons (Fsp3) is 0.391. The number of ether oxygens (including phenoxy) is 1. The van der Waals surface area contributed by atoms with Crippen LogP contribution in [0.3, 0.4) is 0 Å². The number of amides is 2. The number of rotatable bonds is 7. The highest BCUT2D eigenvalue weighted by molar-refractivity contribution is 5.92. The second-order valence-electron chi connectivity index (χ2n) is 7.79. The molecule has 0 bridgehead atoms. The Bertz CT molecular complexity index is 896. The average molecular weight is 449 g/mol. The van der Waals surface area contributed by atoms with Gasteiger partial charge in [-0.25, -0.2) is 0 Å². The third-order valence-corrected chi connectivity index (χ3v) is 5.31. The maximum atomic E-state index is 12.6. The summed E-state index contributed by atoms with van der Waals surface area (Å²) in [5, 5.41) is 2.66. The summed E-state index contributed by atoms with van der Waals surface area (Å²) in [6.07, 6.45) is -4.31. The van der Waals surface area contributed by atoms with Gasteiger partial charge in [0.2, 0.25) is 11.8 Å². The molecule has 3 rings (SSSR count). The molecular weight excluding hydrogens is 423 g/mol. The Hall–Kier alpha value is -3.07. The van der Waals surface area contributed by atoms with E-state index in [4.69, 9.17) is 0 Å². The van der Waals surface area contributed by atoms with Gasteiger partial charge in [0.05, 0.1) is 6.54 Å². The number of hydrogen-bond donors (Lipinski definition) is 1. The zero-order valence-electron chi connectivity index (χ0n) is 17.8. The van der Waals surface area contributed by atoms with Gasteiger partial charge in [-0.1, -0.05) is 37.3 Å². The normalized spacial score (nSPS) is 15.8. The third-order valence-electron chi connectivity index (χ3n) is 5.31. The first-order valence-corrected chi connectivity index (χ1v) is 10.4. The van der Waals surface area contributed by atoms with Crippen LogP contribution in [0.2, 0.25) is 0 Å². The van der Waals surface area contributed by atoms with Crippen LogP contribution in [0.4, 0.5) is 18.9 Å². The van der Waals surface area contributed by atoms with E-state index in [1.54, 1.807) is 0 Å². The maximum Gasteiger partial charge on any atom is 0.573 e. The molecule has 2 aromatic carbocycles. The molecule has 1 aliphatic heterocycles. The smallest absolute Gasteiger partial charge is 0.406 e. The van der Waals surface area contributed by atoms with Crippen LogP contribution in [0.15, 0.2) is 54.6 Å². The van der Waals surface area contributed by atoms with Crippen molar-refractivity contribution in [2.24, 2.45) is 0 Å². The second-order valence-corrected chi connectivity index (χ2v) is 7.79. The highest BCUT2D eigenvalue weighted by Gasteiger charge is 2.31. The van der Waals surface area contributed by atoms with Gasteiger partial charge >= 0.3 is 6.36 Å². The molecule has 32 heavy (non-hydrogen) atoms. The highest BCUT2D eigenvalue weighted by Crippen LogP contribution is 2.24. The van der Waals surface area contributed by atoms with E-state index in [0.717, 1.165) is 17.7 Å². The lowest BCUT2D eigenvalue weighted by Gasteiger charge is -2.34. The molecule has 172 valence electrons. The maximum absolute atomic E-state index is 12.6. The van der Waals surface area contributed by atoms with E-state index in [0.29, 0.717) is 38.3 Å². The molecule has 0 aromatic heterocycles. The van der Waals surface area contributed by atoms with Crippen LogP contribution in [0.1, 0.15) is 24.8 Å². The molecule has 2 aromatic rings. The van der Waals surface area contributed by atoms with E-state index in [2.05, 4.69) is 10.1 Å². The number of halogens is 3. The number of nitrogens with one attached hydrogen (secondary N) is 1. The van der Waals surface area contributed by atoms with Crippen molar-refractivity contribution in [1.82, 2.24) is 9.80 Å². The van der Waals surface area contributed by atoms with Gasteiger partial charge in [-0.05, 0) is 35.7 Å². The molecule has 0 spiro atoms. The molecule has 1 unspecified atom stereocenters. The summed E-state index contributed by atoms with van der Waals surface area (Å²) < 4.78 is 40.4. The predicted molar refractivity (Wildman–Crippen MR) is 114 cm³/mol. The van der Waals surface area contributed by atoms with Crippen molar-refractivity contribution in [1.29, 1.82) is 0 Å². The topological polar surface area (TPSA) is 61.9 Å². The fourth-order valence-electron chi connectivity index (χ4n) is 3.59. The average Bonchev–Trinajstić information content (AvgIpc) is 2.75. The monoisotopic (exact) mass is 449 g/mol. The van der Waals surface area contributed by atoms with E-state index in [1.165, 1.54) is 12.1 Å². The Balaban J connectivity index is 1.40. The second kappa shape index (κ2) is 10.5. The van der Waals surface area contributed by atoms with Crippen molar-refractivity contribution in [3.8, 4) is 5.75 Å². The van der Waals surface area contributed by atoms with Crippen LogP contribution >= 0.6 is 0 Å². The minimum Gasteiger partial charge on any atom is -0.406 e. The summed E-state index contributed by atoms with van der Waals surface area (Å²) in [7, 11) is 0. The lowest BCUT2D eigenvalue weighted by atomic mass is 9.97. The molecule has 9 heteroatoms. The van der Waals surface area contributed by atoms with Crippen molar-refractivity contribution in [2.45, 2.75) is 25.6 Å². The van der Waals surface area contributed by atoms with Gasteiger partial charge in [0.15, 0.2) is 0 Å². The fourth-order valence-corrected chi connectivity index (χ4v) is 3.59. The molecule has 0 radical (unpaired) electrons. The molecule has 6 nitrogen and oxygen atoms in total. The number of anilines is 1. The number of nitrogens with zero attached hydrogens (tertiary/aromatic N) is 2. The van der Waals surface area contributed by atoms with E-state index in [-0.39, 0.29) is 30.0 Å². The Morgan fingerprint density at radius 1 is 1.00 bits per heavy atom. The van der Waals surface area contributed by atoms with E-state index < -0.39 is 6.36 Å². The number of carbonyl (C=O) groups excluding carboxylic acids is 2. The Kier molecular flexibility index (Phi) is 7.74. The van der Waals surface area contributed by atoms with Crippen LogP contribution in [0.5, 0.6) is 5.75 Å². The van der Waals surface area contributed by atoms with Crippen molar-refractivity contribution in [3.63, 3.8) is 0 Å². The van der Waals surface area contributed by atoms with Crippen LogP contribution in [0.25, 0.3) is 0 Å². The van der Waals surface area contributed by atoms with Crippen LogP contribution in [-0.2, 0) is 9.59 Å². The summed E-state index contributed by atoms with van der Waals surface area (Å²) in [6.45, 7) is 4.45. The summed E-state index contributed by atoms with van der Waals surface area (Å²) in [5.74, 6) is -0.378. The van der Waals surface area contributed by atoms with Crippen LogP contribution in [-0.4, -0.2) is 60.7 Å². The largest absolute Gasteiger partial charge is 0.573 e. The molecule has 1 fully saturated rings. The number of benzene rings is 2. The summed E-state index contributed by atoms with van der Waals surface area (Å²) in [4.78, 5) is 28.7. The molecular formula is C23H26F3N3O3. The van der Waals surface area contributed by atoms with Gasteiger partial charge in [-0.2, -0.15) is 0 Å². The summed E-state index contributed by atoms with van der Waals surface area (Å²) >= 11 is 0. The first-order valence-electron chi connectivity index (χ1n) is 10.4. The van der Waals surface area contributed by atoms with E-state index in [1.807, 2.05) is 47.1 Å². The standard InChI is InChI=1S/C23H26F3N3O3/c1-17(18-5-3-2-4-6-18)15-22(31)29-13-11-28(12-14-29)16-21(30)27-19-7-9-20(10-8-19)32-23(24,25)26/h2-10,17H,11-16H2,1H3,(H,27,30). The Labute approximate surface area is 184 Å². The summed E-state index contributed by atoms with van der Waals surface area (Å²) in [6, 6.07) is 14.9. The van der Waals surface area contributed by atoms with Gasteiger partial charge in [0.25, 0.3) is 0 Å². The number of piperazine rings is 1. The zero-order chi connectivity index (χ0) is 23.1. The minimum atomic E-state index is -4.76. The van der Waals surface area contributed by atoms with Gasteiger partial charge in [-0.15, -0.1) is 13.2 Å². The minimum absolute atomic E-state index is 0.103. The summed E-state index contributed by atoms with van der Waals surface area (Å²) in [5.41, 5.74) is 1.52. The molecule has 1 heterocycles. The first kappa shape index (κ1) is 23.6. The van der Waals surface area contributed by atoms with E-state index in [9.17, 15) is 22.8 Å². The SMILES string of the molecule is CC(CC(=O)N1CCN(CC(=O)Nc2ccc(OC(F)(F)F)cc2)CC1)c1ccccc1. The molecule has 1 saturated heterocycles. The van der Waals surface area contributed by atoms with Crippen molar-refractivity contribution in [3.05, 3.63) is 60.2 Å². The zero-order valence-corrected chi connectivity index (χ0v) is 17.8. The molecule has 2 amide bonds. The molecule has 0 saturated carbocycles. The Morgan fingerprint density at radius 2 is 1.62 bits per heavy atom. The number of carbonyl (C=O) groups is 2. The van der Waals surface area contributed by atoms with Gasteiger partial charge in [0, 0.05) is 38.3 Å². The lowest BCUT2D eigenvalue weighted by molar-refractivity contribution is -0.274. The highest BCUT2D eigenvalue weighted by atomic mass is 19.4. The lowest BCUT2D eigenvalue weighted by Crippen LogP contribution is -2.50. The quantitative estimate of drug-likeness (QED) is 0.697. The van der Waals surface area contributed by atoms with Crippen molar-refractivity contribution in [2.75, 3.05) is 38.0 Å². The van der Waals surface area contributed by atoms with Gasteiger partial charge in [0.1, 0.15) is 5.75 Å². The van der Waals surface area contributed by atoms with Gasteiger partial charge < -0.3 is 15.0 Å². The van der Waals surface area contributed by atoms with Crippen molar-refractivity contribution < 1.29 is 27.5 Å². The van der Waals surface area contributed by atoms with E-state index >= 15 is 0 Å². The van der Waals surface area contributed by atoms with Crippen LogP contribution in [0, 0.1) is 0 Å². The van der Waals surface area contributed by atoms with Crippen molar-refractivity contribution >= 4 is 17.5 Å². The first-order chi connectivity index (χ1) is 15.2. The van der Waals surface area contributed by atoms with Crippen LogP contribution < -0.4 is 10.1 Å². The number of hydrogen-bond acceptors (Lipinski definition) is 4. The molecule has 1 atom stereocenters. The number of alkyl halides is 3. The molecule has 1 N–H and O–H groups in total. The Morgan fingerprint density at radius 3 is 2.22 bits per heavy atom. The predicted octanol–water partition coefficient (Wildman–Crippen LogP) is 3.86. The third kappa shape index (κ3) is 7.26.